The fourth-order valence-electron chi connectivity index (χ4n) is 8.70. The molecule has 1 atom stereocenters. The van der Waals surface area contributed by atoms with Crippen molar-refractivity contribution in [1.29, 1.82) is 0 Å². The Bertz CT molecular complexity index is 2810. The number of benzene rings is 7. The molecule has 0 saturated carbocycles. The molecule has 0 amide bonds. The van der Waals surface area contributed by atoms with Crippen LogP contribution in [0.1, 0.15) is 22.3 Å². The fourth-order valence-corrected chi connectivity index (χ4v) is 8.70. The molecule has 1 spiro atoms. The van der Waals surface area contributed by atoms with Gasteiger partial charge in [0.15, 0.2) is 0 Å². The first-order chi connectivity index (χ1) is 23.8. The maximum atomic E-state index is 4.93. The summed E-state index contributed by atoms with van der Waals surface area (Å²) in [6.45, 7) is 0. The molecule has 1 aliphatic carbocycles. The minimum atomic E-state index is -0.437. The van der Waals surface area contributed by atoms with Crippen LogP contribution in [0, 0.1) is 0 Å². The summed E-state index contributed by atoms with van der Waals surface area (Å²) < 4.78 is 2.50. The third kappa shape index (κ3) is 3.22. The van der Waals surface area contributed by atoms with Crippen LogP contribution >= 0.6 is 0 Å². The normalized spacial score (nSPS) is 15.6. The van der Waals surface area contributed by atoms with Gasteiger partial charge in [-0.2, -0.15) is 0 Å². The van der Waals surface area contributed by atoms with E-state index in [2.05, 4.69) is 143 Å². The van der Waals surface area contributed by atoms with Crippen molar-refractivity contribution in [3.63, 3.8) is 0 Å². The third-order valence-corrected chi connectivity index (χ3v) is 10.6. The number of rotatable bonds is 2. The van der Waals surface area contributed by atoms with Crippen molar-refractivity contribution >= 4 is 32.8 Å². The van der Waals surface area contributed by atoms with Crippen molar-refractivity contribution in [2.45, 2.75) is 5.41 Å². The van der Waals surface area contributed by atoms with Crippen LogP contribution in [0.25, 0.3) is 72.0 Å². The van der Waals surface area contributed by atoms with E-state index < -0.39 is 5.41 Å². The first kappa shape index (κ1) is 25.8. The molecule has 3 nitrogen and oxygen atoms in total. The Labute approximate surface area is 277 Å². The zero-order valence-electron chi connectivity index (χ0n) is 25.9. The molecule has 2 aliphatic rings. The summed E-state index contributed by atoms with van der Waals surface area (Å²) in [4.78, 5) is 9.61. The van der Waals surface area contributed by atoms with Crippen LogP contribution in [0.2, 0.25) is 0 Å². The van der Waals surface area contributed by atoms with Crippen molar-refractivity contribution in [3.05, 3.63) is 186 Å². The van der Waals surface area contributed by atoms with Gasteiger partial charge >= 0.3 is 0 Å². The van der Waals surface area contributed by atoms with E-state index in [1.165, 1.54) is 66.4 Å². The second-order valence-electron chi connectivity index (χ2n) is 13.0. The highest BCUT2D eigenvalue weighted by Gasteiger charge is 2.50. The average Bonchev–Trinajstić information content (AvgIpc) is 3.65. The smallest absolute Gasteiger partial charge is 0.0894 e. The zero-order valence-corrected chi connectivity index (χ0v) is 25.9. The average molecular weight is 610 g/mol. The lowest BCUT2D eigenvalue weighted by Gasteiger charge is -2.39. The molecule has 222 valence electrons. The molecule has 0 radical (unpaired) electrons. The highest BCUT2D eigenvalue weighted by atomic mass is 15.0. The van der Waals surface area contributed by atoms with Gasteiger partial charge in [0.2, 0.25) is 0 Å². The lowest BCUT2D eigenvalue weighted by molar-refractivity contribution is 0.748. The maximum Gasteiger partial charge on any atom is 0.0894 e. The Morgan fingerprint density at radius 1 is 0.458 bits per heavy atom. The van der Waals surface area contributed by atoms with E-state index in [1.54, 1.807) is 0 Å². The molecule has 3 heteroatoms. The van der Waals surface area contributed by atoms with Gasteiger partial charge in [-0.15, -0.1) is 0 Å². The number of para-hydroxylation sites is 5. The van der Waals surface area contributed by atoms with Gasteiger partial charge in [-0.3, -0.25) is 4.98 Å². The van der Waals surface area contributed by atoms with Crippen LogP contribution in [-0.4, -0.2) is 14.5 Å². The lowest BCUT2D eigenvalue weighted by Crippen LogP contribution is -2.33. The molecule has 0 saturated heterocycles. The molecular weight excluding hydrogens is 583 g/mol. The number of nitrogens with zero attached hydrogens (tertiary/aromatic N) is 3. The first-order valence-electron chi connectivity index (χ1n) is 16.5. The largest absolute Gasteiger partial charge is 0.309 e. The molecule has 1 aliphatic heterocycles. The fraction of sp³-hybridized carbons (Fsp3) is 0.0222. The third-order valence-electron chi connectivity index (χ3n) is 10.6. The molecule has 11 rings (SSSR count). The van der Waals surface area contributed by atoms with Crippen LogP contribution in [0.4, 0.5) is 0 Å². The highest BCUT2D eigenvalue weighted by molar-refractivity contribution is 6.12. The molecule has 0 bridgehead atoms. The van der Waals surface area contributed by atoms with Gasteiger partial charge in [0.1, 0.15) is 0 Å². The lowest BCUT2D eigenvalue weighted by atomic mass is 9.65. The van der Waals surface area contributed by atoms with Gasteiger partial charge in [0, 0.05) is 16.3 Å². The van der Waals surface area contributed by atoms with Gasteiger partial charge in [-0.25, -0.2) is 4.98 Å². The quantitative estimate of drug-likeness (QED) is 0.195. The number of hydrogen-bond donors (Lipinski definition) is 0. The van der Waals surface area contributed by atoms with Gasteiger partial charge in [-0.05, 0) is 80.9 Å². The number of aromatic nitrogens is 3. The minimum absolute atomic E-state index is 0.437. The van der Waals surface area contributed by atoms with E-state index in [1.807, 2.05) is 30.5 Å². The summed E-state index contributed by atoms with van der Waals surface area (Å²) >= 11 is 0. The van der Waals surface area contributed by atoms with Crippen molar-refractivity contribution in [2.75, 3.05) is 0 Å². The van der Waals surface area contributed by atoms with Crippen molar-refractivity contribution < 1.29 is 0 Å². The molecule has 1 unspecified atom stereocenters. The molecule has 9 aromatic rings. The summed E-state index contributed by atoms with van der Waals surface area (Å²) in [6, 6.07) is 57.6. The second-order valence-corrected chi connectivity index (χ2v) is 13.0. The highest BCUT2D eigenvalue weighted by Crippen LogP contribution is 2.61. The van der Waals surface area contributed by atoms with Crippen molar-refractivity contribution in [1.82, 2.24) is 14.5 Å². The summed E-state index contributed by atoms with van der Waals surface area (Å²) in [5, 5.41) is 2.59. The summed E-state index contributed by atoms with van der Waals surface area (Å²) in [7, 11) is 0. The van der Waals surface area contributed by atoms with E-state index >= 15 is 0 Å². The molecule has 3 heterocycles. The summed E-state index contributed by atoms with van der Waals surface area (Å²) in [5.41, 5.74) is 17.4. The zero-order chi connectivity index (χ0) is 31.4. The van der Waals surface area contributed by atoms with Gasteiger partial charge < -0.3 is 4.57 Å². The SMILES string of the molecule is c1cc(-c2ccc3c(c2)-c2ccccc2C32c3ccccc3-n3c4ccccc4c4cccc2c43)cc(-c2cnc3ccccc3n2)c1. The molecule has 0 N–H and O–H groups in total. The van der Waals surface area contributed by atoms with Gasteiger partial charge in [-0.1, -0.05) is 121 Å². The predicted octanol–water partition coefficient (Wildman–Crippen LogP) is 10.7. The van der Waals surface area contributed by atoms with Crippen LogP contribution in [0.5, 0.6) is 0 Å². The van der Waals surface area contributed by atoms with Gasteiger partial charge in [0.25, 0.3) is 0 Å². The maximum absolute atomic E-state index is 4.93. The Morgan fingerprint density at radius 2 is 1.15 bits per heavy atom. The van der Waals surface area contributed by atoms with E-state index in [0.29, 0.717) is 0 Å². The van der Waals surface area contributed by atoms with Gasteiger partial charge in [0.05, 0.1) is 45.1 Å². The molecule has 0 fully saturated rings. The topological polar surface area (TPSA) is 30.7 Å². The second kappa shape index (κ2) is 9.37. The predicted molar refractivity (Wildman–Crippen MR) is 196 cm³/mol. The Morgan fingerprint density at radius 3 is 2.10 bits per heavy atom. The van der Waals surface area contributed by atoms with Crippen LogP contribution in [0.15, 0.2) is 164 Å². The number of fused-ring (bicyclic) bond motifs is 13. The molecular formula is C45H27N3. The van der Waals surface area contributed by atoms with E-state index in [9.17, 15) is 0 Å². The Hall–Kier alpha value is -6.32. The molecule has 7 aromatic carbocycles. The van der Waals surface area contributed by atoms with Crippen molar-refractivity contribution in [2.24, 2.45) is 0 Å². The van der Waals surface area contributed by atoms with Crippen LogP contribution in [0.3, 0.4) is 0 Å². The Kier molecular flexibility index (Phi) is 5.04. The summed E-state index contributed by atoms with van der Waals surface area (Å²) in [5.74, 6) is 0. The minimum Gasteiger partial charge on any atom is -0.309 e. The Balaban J connectivity index is 1.16. The molecule has 48 heavy (non-hydrogen) atoms. The standard InChI is InChI=1S/C45H27N3/c1-3-16-35-31(13-1)34-26-29(28-11-9-12-30(25-28)41-27-46-39-19-5-6-20-40(39)47-41)23-24-36(34)45(35)37-17-4-8-22-43(37)48-42-21-7-2-14-32(42)33-15-10-18-38(45)44(33)48/h1-27H. The monoisotopic (exact) mass is 609 g/mol. The van der Waals surface area contributed by atoms with Crippen LogP contribution in [-0.2, 0) is 5.41 Å². The first-order valence-corrected chi connectivity index (χ1v) is 16.5. The number of hydrogen-bond acceptors (Lipinski definition) is 2. The molecule has 2 aromatic heterocycles. The van der Waals surface area contributed by atoms with E-state index in [4.69, 9.17) is 4.98 Å². The van der Waals surface area contributed by atoms with E-state index in [-0.39, 0.29) is 0 Å². The van der Waals surface area contributed by atoms with E-state index in [0.717, 1.165) is 27.9 Å². The van der Waals surface area contributed by atoms with Crippen molar-refractivity contribution in [3.8, 4) is 39.2 Å². The summed E-state index contributed by atoms with van der Waals surface area (Å²) in [6.07, 6.45) is 1.88. The van der Waals surface area contributed by atoms with Crippen LogP contribution < -0.4 is 0 Å².